The van der Waals surface area contributed by atoms with Crippen LogP contribution in [0.15, 0.2) is 10.6 Å². The van der Waals surface area contributed by atoms with Gasteiger partial charge in [-0.1, -0.05) is 5.16 Å². The zero-order valence-electron chi connectivity index (χ0n) is 9.56. The first-order valence-electron chi connectivity index (χ1n) is 5.43. The molecule has 1 aliphatic rings. The Hall–Kier alpha value is -1.36. The molecule has 1 fully saturated rings. The molecule has 2 rings (SSSR count). The van der Waals surface area contributed by atoms with Gasteiger partial charge in [-0.15, -0.1) is 0 Å². The second-order valence-corrected chi connectivity index (χ2v) is 4.53. The summed E-state index contributed by atoms with van der Waals surface area (Å²) in [6.45, 7) is 4.95. The molecule has 1 saturated heterocycles. The number of carboxylic acids is 1. The monoisotopic (exact) mass is 224 g/mol. The van der Waals surface area contributed by atoms with Gasteiger partial charge in [-0.3, -0.25) is 9.69 Å². The first-order chi connectivity index (χ1) is 7.52. The van der Waals surface area contributed by atoms with Gasteiger partial charge >= 0.3 is 5.97 Å². The van der Waals surface area contributed by atoms with E-state index in [1.807, 2.05) is 17.9 Å². The molecule has 2 heterocycles. The molecule has 88 valence electrons. The Kier molecular flexibility index (Phi) is 2.71. The van der Waals surface area contributed by atoms with Crippen molar-refractivity contribution >= 4 is 5.97 Å². The number of aryl methyl sites for hydroxylation is 1. The number of nitrogens with zero attached hydrogens (tertiary/aromatic N) is 2. The van der Waals surface area contributed by atoms with Crippen molar-refractivity contribution in [2.45, 2.75) is 38.8 Å². The fourth-order valence-electron chi connectivity index (χ4n) is 2.20. The lowest BCUT2D eigenvalue weighted by Gasteiger charge is -2.30. The number of hydrogen-bond donors (Lipinski definition) is 1. The summed E-state index contributed by atoms with van der Waals surface area (Å²) in [6, 6.07) is 1.85. The SMILES string of the molecule is Cc1cc(CN2CCCC2(C)C(=O)O)no1. The summed E-state index contributed by atoms with van der Waals surface area (Å²) in [7, 11) is 0. The van der Waals surface area contributed by atoms with Gasteiger partial charge in [0, 0.05) is 12.6 Å². The summed E-state index contributed by atoms with van der Waals surface area (Å²) >= 11 is 0. The van der Waals surface area contributed by atoms with Gasteiger partial charge in [-0.2, -0.15) is 0 Å². The third kappa shape index (κ3) is 1.82. The highest BCUT2D eigenvalue weighted by molar-refractivity contribution is 5.78. The molecule has 0 aliphatic carbocycles. The molecule has 0 saturated carbocycles. The Morgan fingerprint density at radius 2 is 2.50 bits per heavy atom. The summed E-state index contributed by atoms with van der Waals surface area (Å²) in [6.07, 6.45) is 1.61. The summed E-state index contributed by atoms with van der Waals surface area (Å²) in [5.41, 5.74) is 0.0409. The number of likely N-dealkylation sites (tertiary alicyclic amines) is 1. The van der Waals surface area contributed by atoms with E-state index in [1.165, 1.54) is 0 Å². The second kappa shape index (κ2) is 3.90. The van der Waals surface area contributed by atoms with E-state index in [2.05, 4.69) is 5.16 Å². The molecular weight excluding hydrogens is 208 g/mol. The number of carbonyl (C=O) groups is 1. The molecule has 0 amide bonds. The average molecular weight is 224 g/mol. The minimum Gasteiger partial charge on any atom is -0.480 e. The van der Waals surface area contributed by atoms with Crippen LogP contribution in [-0.4, -0.2) is 33.2 Å². The lowest BCUT2D eigenvalue weighted by molar-refractivity contribution is -0.148. The van der Waals surface area contributed by atoms with Crippen molar-refractivity contribution in [3.63, 3.8) is 0 Å². The van der Waals surface area contributed by atoms with E-state index in [1.54, 1.807) is 6.92 Å². The Morgan fingerprint density at radius 3 is 3.06 bits per heavy atom. The van der Waals surface area contributed by atoms with Crippen LogP contribution in [0.25, 0.3) is 0 Å². The highest BCUT2D eigenvalue weighted by Crippen LogP contribution is 2.30. The highest BCUT2D eigenvalue weighted by atomic mass is 16.5. The minimum atomic E-state index is -0.759. The Labute approximate surface area is 94.0 Å². The van der Waals surface area contributed by atoms with Gasteiger partial charge in [0.25, 0.3) is 0 Å². The summed E-state index contributed by atoms with van der Waals surface area (Å²) in [5.74, 6) is -0.00329. The van der Waals surface area contributed by atoms with Crippen LogP contribution >= 0.6 is 0 Å². The van der Waals surface area contributed by atoms with Gasteiger partial charge in [0.15, 0.2) is 0 Å². The lowest BCUT2D eigenvalue weighted by atomic mass is 9.99. The Bertz CT molecular complexity index is 402. The van der Waals surface area contributed by atoms with Crippen LogP contribution in [0, 0.1) is 6.92 Å². The molecule has 0 bridgehead atoms. The third-order valence-corrected chi connectivity index (χ3v) is 3.28. The number of carboxylic acid groups (broad SMARTS) is 1. The van der Waals surface area contributed by atoms with Gasteiger partial charge in [-0.25, -0.2) is 0 Å². The number of aliphatic carboxylic acids is 1. The van der Waals surface area contributed by atoms with Crippen molar-refractivity contribution < 1.29 is 14.4 Å². The zero-order chi connectivity index (χ0) is 11.8. The van der Waals surface area contributed by atoms with Gasteiger partial charge in [0.05, 0.1) is 5.69 Å². The van der Waals surface area contributed by atoms with Gasteiger partial charge < -0.3 is 9.63 Å². The predicted molar refractivity (Wildman–Crippen MR) is 56.9 cm³/mol. The maximum atomic E-state index is 11.2. The molecule has 0 spiro atoms. The molecule has 1 aromatic heterocycles. The van der Waals surface area contributed by atoms with E-state index in [4.69, 9.17) is 4.52 Å². The van der Waals surface area contributed by atoms with Crippen LogP contribution in [0.1, 0.15) is 31.2 Å². The predicted octanol–water partition coefficient (Wildman–Crippen LogP) is 1.42. The average Bonchev–Trinajstić information content (AvgIpc) is 2.76. The van der Waals surface area contributed by atoms with Crippen molar-refractivity contribution in [1.29, 1.82) is 0 Å². The molecular formula is C11H16N2O3. The van der Waals surface area contributed by atoms with Crippen molar-refractivity contribution in [2.75, 3.05) is 6.54 Å². The molecule has 1 atom stereocenters. The first kappa shape index (κ1) is 11.1. The van der Waals surface area contributed by atoms with E-state index in [0.717, 1.165) is 24.4 Å². The quantitative estimate of drug-likeness (QED) is 0.841. The Morgan fingerprint density at radius 1 is 1.75 bits per heavy atom. The summed E-state index contributed by atoms with van der Waals surface area (Å²) in [5, 5.41) is 13.1. The van der Waals surface area contributed by atoms with E-state index in [-0.39, 0.29) is 0 Å². The molecule has 0 aromatic carbocycles. The van der Waals surface area contributed by atoms with Crippen LogP contribution in [-0.2, 0) is 11.3 Å². The molecule has 0 radical (unpaired) electrons. The molecule has 16 heavy (non-hydrogen) atoms. The van der Waals surface area contributed by atoms with E-state index in [9.17, 15) is 9.90 Å². The van der Waals surface area contributed by atoms with Crippen molar-refractivity contribution in [1.82, 2.24) is 10.1 Å². The highest BCUT2D eigenvalue weighted by Gasteiger charge is 2.43. The standard InChI is InChI=1S/C11H16N2O3/c1-8-6-9(12-16-8)7-13-5-3-4-11(13,2)10(14)15/h6H,3-5,7H2,1-2H3,(H,14,15). The lowest BCUT2D eigenvalue weighted by Crippen LogP contribution is -2.47. The Balaban J connectivity index is 2.12. The number of rotatable bonds is 3. The van der Waals surface area contributed by atoms with Crippen molar-refractivity contribution in [2.24, 2.45) is 0 Å². The molecule has 1 aliphatic heterocycles. The third-order valence-electron chi connectivity index (χ3n) is 3.28. The fourth-order valence-corrected chi connectivity index (χ4v) is 2.20. The topological polar surface area (TPSA) is 66.6 Å². The minimum absolute atomic E-state index is 0.542. The maximum absolute atomic E-state index is 11.2. The van der Waals surface area contributed by atoms with Crippen LogP contribution in [0.4, 0.5) is 0 Å². The van der Waals surface area contributed by atoms with Gasteiger partial charge in [0.1, 0.15) is 11.3 Å². The van der Waals surface area contributed by atoms with Crippen molar-refractivity contribution in [3.05, 3.63) is 17.5 Å². The number of hydrogen-bond acceptors (Lipinski definition) is 4. The summed E-state index contributed by atoms with van der Waals surface area (Å²) < 4.78 is 4.98. The van der Waals surface area contributed by atoms with Crippen LogP contribution in [0.5, 0.6) is 0 Å². The van der Waals surface area contributed by atoms with E-state index in [0.29, 0.717) is 13.0 Å². The van der Waals surface area contributed by atoms with Crippen LogP contribution in [0.2, 0.25) is 0 Å². The van der Waals surface area contributed by atoms with Crippen molar-refractivity contribution in [3.8, 4) is 0 Å². The molecule has 5 heteroatoms. The second-order valence-electron chi connectivity index (χ2n) is 4.53. The van der Waals surface area contributed by atoms with Gasteiger partial charge in [-0.05, 0) is 33.2 Å². The normalized spacial score (nSPS) is 26.1. The zero-order valence-corrected chi connectivity index (χ0v) is 9.56. The molecule has 5 nitrogen and oxygen atoms in total. The summed E-state index contributed by atoms with van der Waals surface area (Å²) in [4.78, 5) is 13.2. The largest absolute Gasteiger partial charge is 0.480 e. The smallest absolute Gasteiger partial charge is 0.323 e. The fraction of sp³-hybridized carbons (Fsp3) is 0.636. The maximum Gasteiger partial charge on any atom is 0.323 e. The van der Waals surface area contributed by atoms with Gasteiger partial charge in [0.2, 0.25) is 0 Å². The molecule has 1 N–H and O–H groups in total. The first-order valence-corrected chi connectivity index (χ1v) is 5.43. The molecule has 1 aromatic rings. The van der Waals surface area contributed by atoms with E-state index < -0.39 is 11.5 Å². The number of aromatic nitrogens is 1. The van der Waals surface area contributed by atoms with E-state index >= 15 is 0 Å². The molecule has 1 unspecified atom stereocenters. The van der Waals surface area contributed by atoms with Crippen LogP contribution < -0.4 is 0 Å². The van der Waals surface area contributed by atoms with Crippen LogP contribution in [0.3, 0.4) is 0 Å².